The normalized spacial score (nSPS) is 13.9. The zero-order valence-corrected chi connectivity index (χ0v) is 18.2. The van der Waals surface area contributed by atoms with Gasteiger partial charge in [0, 0.05) is 42.4 Å². The van der Waals surface area contributed by atoms with Crippen molar-refractivity contribution in [2.75, 3.05) is 36.4 Å². The first-order valence-corrected chi connectivity index (χ1v) is 10.5. The van der Waals surface area contributed by atoms with Gasteiger partial charge >= 0.3 is 6.03 Å². The monoisotopic (exact) mass is 467 g/mol. The number of urea groups is 1. The number of hydrogen-bond acceptors (Lipinski definition) is 4. The second-order valence-corrected chi connectivity index (χ2v) is 8.10. The van der Waals surface area contributed by atoms with Crippen LogP contribution in [0.5, 0.6) is 0 Å². The van der Waals surface area contributed by atoms with E-state index in [2.05, 4.69) is 31.2 Å². The molecule has 1 fully saturated rings. The highest BCUT2D eigenvalue weighted by molar-refractivity contribution is 9.10. The SMILES string of the molecule is Cc1ccc(-n2nc(N3CCN(C(=O)Nc4ccc(Br)cc4)CC3)ccc2=O)cc1. The molecule has 7 nitrogen and oxygen atoms in total. The van der Waals surface area contributed by atoms with E-state index in [-0.39, 0.29) is 11.6 Å². The van der Waals surface area contributed by atoms with E-state index in [0.717, 1.165) is 27.2 Å². The van der Waals surface area contributed by atoms with Gasteiger partial charge < -0.3 is 15.1 Å². The van der Waals surface area contributed by atoms with Gasteiger partial charge in [0.05, 0.1) is 5.69 Å². The Balaban J connectivity index is 1.42. The standard InChI is InChI=1S/C22H22BrN5O2/c1-16-2-8-19(9-3-16)28-21(29)11-10-20(25-28)26-12-14-27(15-13-26)22(30)24-18-6-4-17(23)5-7-18/h2-11H,12-15H2,1H3,(H,24,30). The van der Waals surface area contributed by atoms with E-state index in [1.54, 1.807) is 11.0 Å². The molecular formula is C22H22BrN5O2. The molecule has 0 saturated carbocycles. The highest BCUT2D eigenvalue weighted by atomic mass is 79.9. The molecule has 30 heavy (non-hydrogen) atoms. The fraction of sp³-hybridized carbons (Fsp3) is 0.227. The van der Waals surface area contributed by atoms with Crippen LogP contribution in [0.3, 0.4) is 0 Å². The number of nitrogens with one attached hydrogen (secondary N) is 1. The molecule has 2 aromatic carbocycles. The fourth-order valence-electron chi connectivity index (χ4n) is 3.32. The molecule has 0 aliphatic carbocycles. The maximum absolute atomic E-state index is 12.5. The molecule has 3 aromatic rings. The lowest BCUT2D eigenvalue weighted by atomic mass is 10.2. The third-order valence-corrected chi connectivity index (χ3v) is 5.58. The molecule has 2 heterocycles. The van der Waals surface area contributed by atoms with Crippen LogP contribution in [0.15, 0.2) is 69.9 Å². The topological polar surface area (TPSA) is 70.5 Å². The number of aryl methyl sites for hydroxylation is 1. The lowest BCUT2D eigenvalue weighted by Gasteiger charge is -2.35. The first-order valence-electron chi connectivity index (χ1n) is 9.73. The molecule has 1 aliphatic rings. The highest BCUT2D eigenvalue weighted by Gasteiger charge is 2.22. The number of amides is 2. The van der Waals surface area contributed by atoms with Gasteiger partial charge in [0.15, 0.2) is 0 Å². The summed E-state index contributed by atoms with van der Waals surface area (Å²) in [6.45, 7) is 4.45. The number of hydrogen-bond donors (Lipinski definition) is 1. The van der Waals surface area contributed by atoms with Crippen molar-refractivity contribution in [1.82, 2.24) is 14.7 Å². The van der Waals surface area contributed by atoms with Crippen molar-refractivity contribution in [3.63, 3.8) is 0 Å². The Labute approximate surface area is 183 Å². The predicted octanol–water partition coefficient (Wildman–Crippen LogP) is 3.66. The third-order valence-electron chi connectivity index (χ3n) is 5.05. The number of nitrogens with zero attached hydrogens (tertiary/aromatic N) is 4. The Hall–Kier alpha value is -3.13. The number of anilines is 2. The Morgan fingerprint density at radius 3 is 2.27 bits per heavy atom. The summed E-state index contributed by atoms with van der Waals surface area (Å²) in [6.07, 6.45) is 0. The van der Waals surface area contributed by atoms with E-state index in [0.29, 0.717) is 26.2 Å². The van der Waals surface area contributed by atoms with Crippen LogP contribution in [0.1, 0.15) is 5.56 Å². The van der Waals surface area contributed by atoms with Gasteiger partial charge in [-0.2, -0.15) is 4.68 Å². The van der Waals surface area contributed by atoms with Gasteiger partial charge in [-0.15, -0.1) is 5.10 Å². The number of carbonyl (C=O) groups excluding carboxylic acids is 1. The van der Waals surface area contributed by atoms with Crippen LogP contribution in [0.2, 0.25) is 0 Å². The molecule has 0 spiro atoms. The lowest BCUT2D eigenvalue weighted by molar-refractivity contribution is 0.208. The summed E-state index contributed by atoms with van der Waals surface area (Å²) in [5.41, 5.74) is 2.45. The van der Waals surface area contributed by atoms with E-state index < -0.39 is 0 Å². The van der Waals surface area contributed by atoms with Crippen molar-refractivity contribution in [2.24, 2.45) is 0 Å². The second kappa shape index (κ2) is 8.71. The Kier molecular flexibility index (Phi) is 5.85. The lowest BCUT2D eigenvalue weighted by Crippen LogP contribution is -2.50. The number of rotatable bonds is 3. The minimum atomic E-state index is -0.171. The molecule has 1 N–H and O–H groups in total. The summed E-state index contributed by atoms with van der Waals surface area (Å²) in [4.78, 5) is 28.7. The van der Waals surface area contributed by atoms with Gasteiger partial charge in [0.1, 0.15) is 5.82 Å². The smallest absolute Gasteiger partial charge is 0.321 e. The zero-order chi connectivity index (χ0) is 21.1. The van der Waals surface area contributed by atoms with Gasteiger partial charge in [0.25, 0.3) is 5.56 Å². The van der Waals surface area contributed by atoms with Crippen molar-refractivity contribution < 1.29 is 4.79 Å². The molecule has 4 rings (SSSR count). The van der Waals surface area contributed by atoms with Crippen LogP contribution in [0.4, 0.5) is 16.3 Å². The van der Waals surface area contributed by atoms with Gasteiger partial charge in [-0.1, -0.05) is 33.6 Å². The van der Waals surface area contributed by atoms with E-state index >= 15 is 0 Å². The van der Waals surface area contributed by atoms with Crippen LogP contribution >= 0.6 is 15.9 Å². The van der Waals surface area contributed by atoms with Crippen molar-refractivity contribution >= 4 is 33.5 Å². The molecule has 2 amide bonds. The summed E-state index contributed by atoms with van der Waals surface area (Å²) in [6, 6.07) is 18.3. The Bertz CT molecular complexity index is 1090. The van der Waals surface area contributed by atoms with Crippen LogP contribution in [-0.2, 0) is 0 Å². The van der Waals surface area contributed by atoms with E-state index in [4.69, 9.17) is 0 Å². The average Bonchev–Trinajstić information content (AvgIpc) is 2.76. The maximum Gasteiger partial charge on any atom is 0.321 e. The summed E-state index contributed by atoms with van der Waals surface area (Å²) < 4.78 is 2.38. The zero-order valence-electron chi connectivity index (χ0n) is 16.6. The molecule has 0 bridgehead atoms. The van der Waals surface area contributed by atoms with E-state index in [9.17, 15) is 9.59 Å². The summed E-state index contributed by atoms with van der Waals surface area (Å²) in [7, 11) is 0. The summed E-state index contributed by atoms with van der Waals surface area (Å²) in [5.74, 6) is 0.725. The number of carbonyl (C=O) groups is 1. The van der Waals surface area contributed by atoms with Crippen LogP contribution in [0, 0.1) is 6.92 Å². The first kappa shape index (κ1) is 20.2. The van der Waals surface area contributed by atoms with Crippen LogP contribution in [-0.4, -0.2) is 46.9 Å². The average molecular weight is 468 g/mol. The molecule has 1 saturated heterocycles. The van der Waals surface area contributed by atoms with Crippen molar-refractivity contribution in [3.8, 4) is 5.69 Å². The number of piperazine rings is 1. The fourth-order valence-corrected chi connectivity index (χ4v) is 3.58. The van der Waals surface area contributed by atoms with Gasteiger partial charge in [-0.25, -0.2) is 4.79 Å². The molecule has 1 aromatic heterocycles. The summed E-state index contributed by atoms with van der Waals surface area (Å²) in [5, 5.41) is 7.47. The quantitative estimate of drug-likeness (QED) is 0.637. The molecule has 0 atom stereocenters. The van der Waals surface area contributed by atoms with Gasteiger partial charge in [-0.3, -0.25) is 4.79 Å². The molecule has 0 radical (unpaired) electrons. The number of halogens is 1. The molecule has 1 aliphatic heterocycles. The predicted molar refractivity (Wildman–Crippen MR) is 122 cm³/mol. The Morgan fingerprint density at radius 2 is 1.60 bits per heavy atom. The van der Waals surface area contributed by atoms with E-state index in [1.165, 1.54) is 10.7 Å². The van der Waals surface area contributed by atoms with Crippen molar-refractivity contribution in [1.29, 1.82) is 0 Å². The molecule has 154 valence electrons. The second-order valence-electron chi connectivity index (χ2n) is 7.19. The first-order chi connectivity index (χ1) is 14.5. The number of benzene rings is 2. The van der Waals surface area contributed by atoms with E-state index in [1.807, 2.05) is 55.5 Å². The van der Waals surface area contributed by atoms with Gasteiger partial charge in [0.2, 0.25) is 0 Å². The summed E-state index contributed by atoms with van der Waals surface area (Å²) >= 11 is 3.39. The minimum Gasteiger partial charge on any atom is -0.352 e. The molecule has 0 unspecified atom stereocenters. The number of aromatic nitrogens is 2. The molecule has 8 heteroatoms. The van der Waals surface area contributed by atoms with Crippen LogP contribution in [0.25, 0.3) is 5.69 Å². The minimum absolute atomic E-state index is 0.116. The Morgan fingerprint density at radius 1 is 0.933 bits per heavy atom. The van der Waals surface area contributed by atoms with Crippen LogP contribution < -0.4 is 15.8 Å². The van der Waals surface area contributed by atoms with Crippen molar-refractivity contribution in [3.05, 3.63) is 81.1 Å². The van der Waals surface area contributed by atoms with Gasteiger partial charge in [-0.05, 0) is 49.4 Å². The van der Waals surface area contributed by atoms with Crippen molar-refractivity contribution in [2.45, 2.75) is 6.92 Å². The highest BCUT2D eigenvalue weighted by Crippen LogP contribution is 2.17. The third kappa shape index (κ3) is 4.54. The molecular weight excluding hydrogens is 446 g/mol. The maximum atomic E-state index is 12.5. The largest absolute Gasteiger partial charge is 0.352 e.